The fraction of sp³-hybridized carbons (Fsp3) is 0.176. The van der Waals surface area contributed by atoms with Crippen LogP contribution in [0.5, 0.6) is 0 Å². The Hall–Kier alpha value is -1.60. The van der Waals surface area contributed by atoms with Gasteiger partial charge in [-0.3, -0.25) is 0 Å². The smallest absolute Gasteiger partial charge is 0.0656 e. The van der Waals surface area contributed by atoms with Crippen molar-refractivity contribution in [3.63, 3.8) is 0 Å². The van der Waals surface area contributed by atoms with Gasteiger partial charge in [-0.25, -0.2) is 0 Å². The van der Waals surface area contributed by atoms with Gasteiger partial charge in [0, 0.05) is 0 Å². The van der Waals surface area contributed by atoms with E-state index in [1.54, 1.807) is 0 Å². The summed E-state index contributed by atoms with van der Waals surface area (Å²) in [6.07, 6.45) is 4.33. The van der Waals surface area contributed by atoms with Gasteiger partial charge in [0.25, 0.3) is 0 Å². The highest BCUT2D eigenvalue weighted by atomic mass is 28.3. The van der Waals surface area contributed by atoms with Crippen LogP contribution >= 0.6 is 0 Å². The van der Waals surface area contributed by atoms with Crippen LogP contribution in [0.1, 0.15) is 11.1 Å². The Morgan fingerprint density at radius 2 is 1.17 bits per heavy atom. The molecule has 2 aromatic carbocycles. The van der Waals surface area contributed by atoms with E-state index in [1.807, 2.05) is 6.07 Å². The lowest BCUT2D eigenvalue weighted by molar-refractivity contribution is 1.64. The Morgan fingerprint density at radius 3 is 1.67 bits per heavy atom. The third-order valence-corrected chi connectivity index (χ3v) is 5.11. The molecule has 0 aromatic heterocycles. The summed E-state index contributed by atoms with van der Waals surface area (Å²) in [5, 5.41) is 1.51. The molecule has 0 amide bonds. The molecule has 0 saturated carbocycles. The summed E-state index contributed by atoms with van der Waals surface area (Å²) < 4.78 is 0. The first-order valence-electron chi connectivity index (χ1n) is 6.39. The first kappa shape index (κ1) is 12.8. The van der Waals surface area contributed by atoms with Crippen molar-refractivity contribution in [2.24, 2.45) is 0 Å². The number of benzene rings is 2. The van der Waals surface area contributed by atoms with Gasteiger partial charge in [-0.2, -0.15) is 0 Å². The molecule has 1 heteroatoms. The van der Waals surface area contributed by atoms with E-state index in [0.29, 0.717) is 0 Å². The van der Waals surface area contributed by atoms with Crippen molar-refractivity contribution in [2.45, 2.75) is 19.6 Å². The Balaban J connectivity index is 2.14. The minimum Gasteiger partial charge on any atom is -0.0656 e. The maximum Gasteiger partial charge on any atom is 0.0775 e. The van der Waals surface area contributed by atoms with Crippen molar-refractivity contribution in [3.8, 4) is 0 Å². The van der Waals surface area contributed by atoms with E-state index in [9.17, 15) is 0 Å². The van der Waals surface area contributed by atoms with Crippen LogP contribution in [-0.2, 0) is 0 Å². The molecule has 18 heavy (non-hydrogen) atoms. The molecule has 2 aromatic rings. The highest BCUT2D eigenvalue weighted by Gasteiger charge is 2.15. The van der Waals surface area contributed by atoms with Crippen LogP contribution in [-0.4, -0.2) is 8.07 Å². The van der Waals surface area contributed by atoms with E-state index in [4.69, 9.17) is 0 Å². The first-order chi connectivity index (χ1) is 8.55. The maximum atomic E-state index is 2.38. The molecule has 0 aliphatic heterocycles. The van der Waals surface area contributed by atoms with Crippen molar-refractivity contribution < 1.29 is 0 Å². The SMILES string of the molecule is C[Si](C)(C)c1ccc(/C=C/c2ccccc2)cc1. The van der Waals surface area contributed by atoms with E-state index in [0.717, 1.165) is 0 Å². The van der Waals surface area contributed by atoms with E-state index in [-0.39, 0.29) is 0 Å². The van der Waals surface area contributed by atoms with Crippen LogP contribution in [0.25, 0.3) is 12.2 Å². The third kappa shape index (κ3) is 3.44. The molecule has 0 aliphatic carbocycles. The van der Waals surface area contributed by atoms with E-state index in [1.165, 1.54) is 16.3 Å². The Morgan fingerprint density at radius 1 is 0.667 bits per heavy atom. The molecule has 0 saturated heterocycles. The summed E-state index contributed by atoms with van der Waals surface area (Å²) >= 11 is 0. The Kier molecular flexibility index (Phi) is 3.83. The lowest BCUT2D eigenvalue weighted by Gasteiger charge is -2.16. The molecule has 0 aliphatic rings. The van der Waals surface area contributed by atoms with Gasteiger partial charge in [-0.05, 0) is 11.1 Å². The van der Waals surface area contributed by atoms with Gasteiger partial charge in [-0.1, -0.05) is 91.6 Å². The number of hydrogen-bond donors (Lipinski definition) is 0. The van der Waals surface area contributed by atoms with Crippen LogP contribution in [0.2, 0.25) is 19.6 Å². The first-order valence-corrected chi connectivity index (χ1v) is 9.89. The monoisotopic (exact) mass is 252 g/mol. The zero-order chi connectivity index (χ0) is 13.0. The Bertz CT molecular complexity index is 516. The van der Waals surface area contributed by atoms with Gasteiger partial charge in [0.1, 0.15) is 0 Å². The fourth-order valence-corrected chi connectivity index (χ4v) is 3.02. The van der Waals surface area contributed by atoms with Crippen molar-refractivity contribution in [3.05, 3.63) is 65.7 Å². The largest absolute Gasteiger partial charge is 0.0775 e. The average Bonchev–Trinajstić information content (AvgIpc) is 2.37. The summed E-state index contributed by atoms with van der Waals surface area (Å²) in [5.41, 5.74) is 2.51. The van der Waals surface area contributed by atoms with E-state index >= 15 is 0 Å². The van der Waals surface area contributed by atoms with Gasteiger partial charge < -0.3 is 0 Å². The van der Waals surface area contributed by atoms with Gasteiger partial charge in [0.2, 0.25) is 0 Å². The third-order valence-electron chi connectivity index (χ3n) is 3.04. The zero-order valence-electron chi connectivity index (χ0n) is 11.4. The molecular formula is C17H20Si. The fourth-order valence-electron chi connectivity index (χ4n) is 1.85. The molecule has 0 atom stereocenters. The molecule has 0 heterocycles. The maximum absolute atomic E-state index is 2.38. The predicted octanol–water partition coefficient (Wildman–Crippen LogP) is 4.40. The summed E-state index contributed by atoms with van der Waals surface area (Å²) in [7, 11) is -1.17. The second-order valence-electron chi connectivity index (χ2n) is 5.62. The molecule has 0 spiro atoms. The van der Waals surface area contributed by atoms with Gasteiger partial charge in [0.15, 0.2) is 0 Å². The molecule has 0 bridgehead atoms. The standard InChI is InChI=1S/C17H20Si/c1-18(2,3)17-13-11-16(12-14-17)10-9-15-7-5-4-6-8-15/h4-14H,1-3H3/b10-9+. The molecule has 0 nitrogen and oxygen atoms in total. The second kappa shape index (κ2) is 5.36. The van der Waals surface area contributed by atoms with E-state index < -0.39 is 8.07 Å². The number of rotatable bonds is 3. The topological polar surface area (TPSA) is 0 Å². The van der Waals surface area contributed by atoms with Gasteiger partial charge in [0.05, 0.1) is 8.07 Å². The van der Waals surface area contributed by atoms with Crippen LogP contribution in [0.4, 0.5) is 0 Å². The molecule has 92 valence electrons. The zero-order valence-corrected chi connectivity index (χ0v) is 12.4. The van der Waals surface area contributed by atoms with Crippen molar-refractivity contribution in [1.82, 2.24) is 0 Å². The molecule has 0 unspecified atom stereocenters. The minimum atomic E-state index is -1.17. The van der Waals surface area contributed by atoms with Crippen molar-refractivity contribution in [1.29, 1.82) is 0 Å². The Labute approximate surface area is 111 Å². The number of hydrogen-bond acceptors (Lipinski definition) is 0. The summed E-state index contributed by atoms with van der Waals surface area (Å²) in [6, 6.07) is 19.4. The molecule has 2 rings (SSSR count). The summed E-state index contributed by atoms with van der Waals surface area (Å²) in [4.78, 5) is 0. The van der Waals surface area contributed by atoms with Crippen LogP contribution < -0.4 is 5.19 Å². The average molecular weight is 252 g/mol. The highest BCUT2D eigenvalue weighted by Crippen LogP contribution is 2.09. The summed E-state index contributed by atoms with van der Waals surface area (Å²) in [5.74, 6) is 0. The van der Waals surface area contributed by atoms with Crippen molar-refractivity contribution >= 4 is 25.4 Å². The highest BCUT2D eigenvalue weighted by molar-refractivity contribution is 6.88. The van der Waals surface area contributed by atoms with Crippen LogP contribution in [0.3, 0.4) is 0 Å². The molecular weight excluding hydrogens is 232 g/mol. The lowest BCUT2D eigenvalue weighted by atomic mass is 10.1. The molecule has 0 N–H and O–H groups in total. The predicted molar refractivity (Wildman–Crippen MR) is 84.8 cm³/mol. The van der Waals surface area contributed by atoms with Gasteiger partial charge in [-0.15, -0.1) is 0 Å². The molecule has 0 radical (unpaired) electrons. The van der Waals surface area contributed by atoms with Crippen LogP contribution in [0.15, 0.2) is 54.6 Å². The van der Waals surface area contributed by atoms with Gasteiger partial charge >= 0.3 is 0 Å². The lowest BCUT2D eigenvalue weighted by Crippen LogP contribution is -2.37. The van der Waals surface area contributed by atoms with Crippen molar-refractivity contribution in [2.75, 3.05) is 0 Å². The normalized spacial score (nSPS) is 11.9. The minimum absolute atomic E-state index is 1.17. The van der Waals surface area contributed by atoms with E-state index in [2.05, 4.69) is 80.3 Å². The summed E-state index contributed by atoms with van der Waals surface area (Å²) in [6.45, 7) is 7.13. The van der Waals surface area contributed by atoms with Crippen LogP contribution in [0, 0.1) is 0 Å². The molecule has 0 fully saturated rings. The second-order valence-corrected chi connectivity index (χ2v) is 10.7. The quantitative estimate of drug-likeness (QED) is 0.561.